The normalized spacial score (nSPS) is 11.2. The highest BCUT2D eigenvalue weighted by atomic mass is 16.5. The lowest BCUT2D eigenvalue weighted by molar-refractivity contribution is 0.0415. The van der Waals surface area contributed by atoms with Gasteiger partial charge in [-0.15, -0.1) is 0 Å². The topological polar surface area (TPSA) is 105 Å². The molecule has 2 aromatic rings. The van der Waals surface area contributed by atoms with Crippen molar-refractivity contribution in [3.8, 4) is 11.1 Å². The molecule has 0 radical (unpaired) electrons. The van der Waals surface area contributed by atoms with Gasteiger partial charge in [0.25, 0.3) is 0 Å². The van der Waals surface area contributed by atoms with Crippen LogP contribution in [-0.2, 0) is 18.9 Å². The van der Waals surface area contributed by atoms with E-state index in [4.69, 9.17) is 18.9 Å². The number of carbonyl (C=O) groups is 4. The highest BCUT2D eigenvalue weighted by Gasteiger charge is 2.36. The molecule has 0 spiro atoms. The van der Waals surface area contributed by atoms with Crippen LogP contribution in [0.4, 0.5) is 0 Å². The van der Waals surface area contributed by atoms with Crippen LogP contribution in [0, 0.1) is 0 Å². The van der Waals surface area contributed by atoms with Gasteiger partial charge >= 0.3 is 23.9 Å². The van der Waals surface area contributed by atoms with Gasteiger partial charge in [0, 0.05) is 0 Å². The van der Waals surface area contributed by atoms with Gasteiger partial charge in [0.15, 0.2) is 0 Å². The maximum absolute atomic E-state index is 14.7. The molecule has 410 valence electrons. The molecule has 2 rings (SSSR count). The molecule has 0 saturated heterocycles. The van der Waals surface area contributed by atoms with Gasteiger partial charge in [-0.25, -0.2) is 19.2 Å². The third-order valence-corrected chi connectivity index (χ3v) is 14.2. The highest BCUT2D eigenvalue weighted by molar-refractivity contribution is 6.18. The fourth-order valence-corrected chi connectivity index (χ4v) is 9.63. The Morgan fingerprint density at radius 3 is 0.847 bits per heavy atom. The van der Waals surface area contributed by atoms with E-state index < -0.39 is 23.9 Å². The van der Waals surface area contributed by atoms with Crippen molar-refractivity contribution < 1.29 is 38.1 Å². The monoisotopic (exact) mass is 1000 g/mol. The van der Waals surface area contributed by atoms with Crippen LogP contribution in [0.1, 0.15) is 326 Å². The summed E-state index contributed by atoms with van der Waals surface area (Å²) in [5.41, 5.74) is 0.154. The Labute approximate surface area is 441 Å². The molecule has 0 amide bonds. The Bertz CT molecular complexity index is 1650. The van der Waals surface area contributed by atoms with Crippen molar-refractivity contribution in [2.24, 2.45) is 0 Å². The van der Waals surface area contributed by atoms with Gasteiger partial charge in [0.1, 0.15) is 0 Å². The van der Waals surface area contributed by atoms with Crippen LogP contribution in [-0.4, -0.2) is 50.3 Å². The first kappa shape index (κ1) is 64.4. The molecule has 0 bridgehead atoms. The number of hydrogen-bond donors (Lipinski definition) is 0. The Kier molecular flexibility index (Phi) is 41.1. The van der Waals surface area contributed by atoms with Crippen molar-refractivity contribution in [1.82, 2.24) is 0 Å². The molecule has 0 atom stereocenters. The fraction of sp³-hybridized carbons (Fsp3) is 0.750. The highest BCUT2D eigenvalue weighted by Crippen LogP contribution is 2.34. The summed E-state index contributed by atoms with van der Waals surface area (Å²) in [7, 11) is 0. The van der Waals surface area contributed by atoms with E-state index in [0.29, 0.717) is 36.8 Å². The molecule has 0 saturated carbocycles. The Morgan fingerprint density at radius 1 is 0.292 bits per heavy atom. The first-order chi connectivity index (χ1) is 35.4. The lowest BCUT2D eigenvalue weighted by Crippen LogP contribution is -2.25. The van der Waals surface area contributed by atoms with Gasteiger partial charge in [-0.2, -0.15) is 0 Å². The number of rotatable bonds is 49. The smallest absolute Gasteiger partial charge is 0.339 e. The van der Waals surface area contributed by atoms with Crippen molar-refractivity contribution in [2.45, 2.75) is 285 Å². The molecule has 0 aliphatic rings. The molecule has 72 heavy (non-hydrogen) atoms. The summed E-state index contributed by atoms with van der Waals surface area (Å²) >= 11 is 0. The molecule has 0 fully saturated rings. The summed E-state index contributed by atoms with van der Waals surface area (Å²) in [6, 6.07) is 10.7. The third-order valence-electron chi connectivity index (χ3n) is 14.2. The average molecular weight is 1000 g/mol. The number of esters is 4. The van der Waals surface area contributed by atoms with E-state index in [2.05, 4.69) is 27.7 Å². The van der Waals surface area contributed by atoms with Crippen LogP contribution >= 0.6 is 0 Å². The van der Waals surface area contributed by atoms with Crippen LogP contribution in [0.25, 0.3) is 11.1 Å². The predicted octanol–water partition coefficient (Wildman–Crippen LogP) is 19.7. The quantitative estimate of drug-likeness (QED) is 0.0367. The predicted molar refractivity (Wildman–Crippen MR) is 300 cm³/mol. The molecule has 0 heterocycles. The number of carbonyl (C=O) groups excluding carboxylic acids is 4. The fourth-order valence-electron chi connectivity index (χ4n) is 9.63. The largest absolute Gasteiger partial charge is 0.462 e. The second-order valence-electron chi connectivity index (χ2n) is 20.7. The van der Waals surface area contributed by atoms with E-state index in [1.807, 2.05) is 30.3 Å². The molecule has 0 aliphatic carbocycles. The standard InChI is InChI=1S/C64H106O8/c1-5-9-13-17-21-25-29-33-37-44-50-69-61(65)57-54-56(55-48-42-41-43-49-55)58(62(66)70-51-45-38-34-30-26-22-18-14-10-6-2)60(64(68)72-53-47-40-36-32-28-24-20-16-12-8-4)59(57)63(67)71-52-46-39-35-31-27-23-19-15-11-7-3/h41-43,48-49,54H,5-40,44-47,50-53H2,1-4H3. The zero-order chi connectivity index (χ0) is 52.0. The van der Waals surface area contributed by atoms with E-state index in [1.54, 1.807) is 0 Å². The van der Waals surface area contributed by atoms with Crippen LogP contribution in [0.15, 0.2) is 36.4 Å². The minimum atomic E-state index is -0.843. The lowest BCUT2D eigenvalue weighted by atomic mass is 9.88. The number of ether oxygens (including phenoxy) is 4. The van der Waals surface area contributed by atoms with E-state index >= 15 is 0 Å². The molecule has 0 aliphatic heterocycles. The minimum absolute atomic E-state index is 0.0847. The molecule has 0 aromatic heterocycles. The Hall–Kier alpha value is -3.68. The molecule has 8 heteroatoms. The van der Waals surface area contributed by atoms with Crippen LogP contribution in [0.3, 0.4) is 0 Å². The molecule has 0 N–H and O–H groups in total. The first-order valence-electron chi connectivity index (χ1n) is 30.4. The summed E-state index contributed by atoms with van der Waals surface area (Å²) in [6.45, 7) is 9.51. The zero-order valence-electron chi connectivity index (χ0n) is 46.8. The van der Waals surface area contributed by atoms with Gasteiger partial charge in [0.05, 0.1) is 48.7 Å². The minimum Gasteiger partial charge on any atom is -0.462 e. The van der Waals surface area contributed by atoms with Crippen LogP contribution in [0.5, 0.6) is 0 Å². The van der Waals surface area contributed by atoms with E-state index in [1.165, 1.54) is 160 Å². The van der Waals surface area contributed by atoms with Gasteiger partial charge in [-0.1, -0.05) is 289 Å². The van der Waals surface area contributed by atoms with E-state index in [-0.39, 0.29) is 48.7 Å². The maximum atomic E-state index is 14.7. The van der Waals surface area contributed by atoms with Crippen molar-refractivity contribution >= 4 is 23.9 Å². The summed E-state index contributed by atoms with van der Waals surface area (Å²) in [4.78, 5) is 58.2. The van der Waals surface area contributed by atoms with Crippen molar-refractivity contribution in [3.63, 3.8) is 0 Å². The second kappa shape index (κ2) is 45.9. The van der Waals surface area contributed by atoms with Crippen molar-refractivity contribution in [3.05, 3.63) is 58.7 Å². The SMILES string of the molecule is CCCCCCCCCCCCOC(=O)c1cc(-c2ccccc2)c(C(=O)OCCCCCCCCCCCC)c(C(=O)OCCCCCCCCCCCC)c1C(=O)OCCCCCCCCCCCC. The second-order valence-corrected chi connectivity index (χ2v) is 20.7. The van der Waals surface area contributed by atoms with Gasteiger partial charge in [-0.05, 0) is 42.9 Å². The zero-order valence-corrected chi connectivity index (χ0v) is 46.8. The lowest BCUT2D eigenvalue weighted by Gasteiger charge is -2.20. The van der Waals surface area contributed by atoms with Gasteiger partial charge in [-0.3, -0.25) is 0 Å². The average Bonchev–Trinajstić information content (AvgIpc) is 3.39. The molecule has 2 aromatic carbocycles. The summed E-state index contributed by atoms with van der Waals surface area (Å²) in [5, 5.41) is 0. The Morgan fingerprint density at radius 2 is 0.542 bits per heavy atom. The van der Waals surface area contributed by atoms with Crippen molar-refractivity contribution in [1.29, 1.82) is 0 Å². The van der Waals surface area contributed by atoms with Crippen LogP contribution < -0.4 is 0 Å². The summed E-state index contributed by atoms with van der Waals surface area (Å²) in [5.74, 6) is -3.15. The number of benzene rings is 2. The van der Waals surface area contributed by atoms with E-state index in [9.17, 15) is 19.2 Å². The summed E-state index contributed by atoms with van der Waals surface area (Å²) < 4.78 is 23.9. The number of unbranched alkanes of at least 4 members (excludes halogenated alkanes) is 36. The third kappa shape index (κ3) is 30.5. The van der Waals surface area contributed by atoms with Gasteiger partial charge in [0.2, 0.25) is 0 Å². The molecular weight excluding hydrogens is 897 g/mol. The summed E-state index contributed by atoms with van der Waals surface area (Å²) in [6.07, 6.45) is 45.3. The Balaban J connectivity index is 2.42. The molecule has 8 nitrogen and oxygen atoms in total. The molecular formula is C64H106O8. The number of hydrogen-bond acceptors (Lipinski definition) is 8. The first-order valence-corrected chi connectivity index (χ1v) is 30.4. The van der Waals surface area contributed by atoms with E-state index in [0.717, 1.165) is 77.0 Å². The van der Waals surface area contributed by atoms with Crippen LogP contribution in [0.2, 0.25) is 0 Å². The van der Waals surface area contributed by atoms with Gasteiger partial charge < -0.3 is 18.9 Å². The van der Waals surface area contributed by atoms with Crippen molar-refractivity contribution in [2.75, 3.05) is 26.4 Å². The maximum Gasteiger partial charge on any atom is 0.339 e. The molecule has 0 unspecified atom stereocenters.